The number of para-hydroxylation sites is 1. The van der Waals surface area contributed by atoms with Crippen LogP contribution in [0.4, 0.5) is 10.5 Å². The van der Waals surface area contributed by atoms with E-state index >= 15 is 0 Å². The van der Waals surface area contributed by atoms with Crippen molar-refractivity contribution in [2.75, 3.05) is 19.4 Å². The topological polar surface area (TPSA) is 41.1 Å². The number of nitrogens with zero attached hydrogens (tertiary/aromatic N) is 1. The molecule has 0 aliphatic heterocycles. The molecular weight excluding hydrogens is 322 g/mol. The Kier molecular flexibility index (Phi) is 5.94. The van der Waals surface area contributed by atoms with Gasteiger partial charge >= 0.3 is 6.03 Å². The standard InChI is InChI=1S/C22H29N3O/c1-25(2,17-18-11-5-3-6-12-18)21-16-10-9-15-20(21)24-22(26)23-19-13-7-4-8-14-19/h3-8,11-14,20-21H,9-10,15-17H2,1-2H3,(H-,23,24,26)/p+1/t20-,21-/m0/s1. The number of urea groups is 1. The molecule has 0 unspecified atom stereocenters. The number of nitrogens with one attached hydrogen (secondary N) is 2. The highest BCUT2D eigenvalue weighted by molar-refractivity contribution is 5.89. The largest absolute Gasteiger partial charge is 0.329 e. The van der Waals surface area contributed by atoms with Gasteiger partial charge in [0.1, 0.15) is 12.6 Å². The van der Waals surface area contributed by atoms with Crippen LogP contribution >= 0.6 is 0 Å². The van der Waals surface area contributed by atoms with E-state index in [1.54, 1.807) is 0 Å². The Hall–Kier alpha value is -2.33. The van der Waals surface area contributed by atoms with E-state index in [9.17, 15) is 4.79 Å². The molecule has 4 nitrogen and oxygen atoms in total. The lowest BCUT2D eigenvalue weighted by Gasteiger charge is -2.44. The summed E-state index contributed by atoms with van der Waals surface area (Å²) in [6.45, 7) is 0.976. The number of carbonyl (C=O) groups is 1. The van der Waals surface area contributed by atoms with Gasteiger partial charge in [0.15, 0.2) is 0 Å². The molecule has 138 valence electrons. The molecule has 2 aromatic rings. The second kappa shape index (κ2) is 8.37. The van der Waals surface area contributed by atoms with E-state index in [1.165, 1.54) is 18.4 Å². The van der Waals surface area contributed by atoms with Crippen LogP contribution in [0.1, 0.15) is 31.2 Å². The predicted octanol–water partition coefficient (Wildman–Crippen LogP) is 4.40. The van der Waals surface area contributed by atoms with Crippen molar-refractivity contribution in [3.8, 4) is 0 Å². The molecule has 0 aromatic heterocycles. The zero-order valence-corrected chi connectivity index (χ0v) is 15.8. The Morgan fingerprint density at radius 2 is 1.58 bits per heavy atom. The molecule has 0 saturated heterocycles. The maximum atomic E-state index is 12.5. The van der Waals surface area contributed by atoms with Crippen molar-refractivity contribution in [1.29, 1.82) is 0 Å². The van der Waals surface area contributed by atoms with Gasteiger partial charge in [0.05, 0.1) is 20.1 Å². The van der Waals surface area contributed by atoms with Gasteiger partial charge in [-0.1, -0.05) is 55.0 Å². The summed E-state index contributed by atoms with van der Waals surface area (Å²) in [5.41, 5.74) is 2.17. The van der Waals surface area contributed by atoms with Crippen molar-refractivity contribution in [2.24, 2.45) is 0 Å². The van der Waals surface area contributed by atoms with E-state index in [0.29, 0.717) is 6.04 Å². The molecule has 0 heterocycles. The Balaban J connectivity index is 1.66. The summed E-state index contributed by atoms with van der Waals surface area (Å²) in [5.74, 6) is 0. The van der Waals surface area contributed by atoms with Crippen LogP contribution in [0.3, 0.4) is 0 Å². The molecular formula is C22H30N3O+. The van der Waals surface area contributed by atoms with Gasteiger partial charge in [-0.15, -0.1) is 0 Å². The molecule has 2 amide bonds. The van der Waals surface area contributed by atoms with Crippen molar-refractivity contribution in [3.05, 3.63) is 66.2 Å². The summed E-state index contributed by atoms with van der Waals surface area (Å²) in [4.78, 5) is 12.5. The lowest BCUT2D eigenvalue weighted by molar-refractivity contribution is -0.930. The average molecular weight is 353 g/mol. The molecule has 2 N–H and O–H groups in total. The third kappa shape index (κ3) is 4.85. The Bertz CT molecular complexity index is 700. The number of hydrogen-bond acceptors (Lipinski definition) is 1. The highest BCUT2D eigenvalue weighted by Gasteiger charge is 2.38. The third-order valence-electron chi connectivity index (χ3n) is 5.41. The number of rotatable bonds is 5. The number of hydrogen-bond donors (Lipinski definition) is 2. The van der Waals surface area contributed by atoms with Crippen LogP contribution in [-0.4, -0.2) is 36.7 Å². The Morgan fingerprint density at radius 1 is 0.962 bits per heavy atom. The van der Waals surface area contributed by atoms with Crippen molar-refractivity contribution >= 4 is 11.7 Å². The molecule has 1 aliphatic carbocycles. The van der Waals surface area contributed by atoms with E-state index in [0.717, 1.165) is 29.6 Å². The highest BCUT2D eigenvalue weighted by Crippen LogP contribution is 2.28. The predicted molar refractivity (Wildman–Crippen MR) is 107 cm³/mol. The van der Waals surface area contributed by atoms with E-state index in [4.69, 9.17) is 0 Å². The first-order valence-corrected chi connectivity index (χ1v) is 9.54. The second-order valence-electron chi connectivity index (χ2n) is 7.85. The van der Waals surface area contributed by atoms with E-state index in [-0.39, 0.29) is 12.1 Å². The molecule has 2 atom stereocenters. The molecule has 3 rings (SSSR count). The number of amides is 2. The molecule has 0 radical (unpaired) electrons. The monoisotopic (exact) mass is 352 g/mol. The smallest absolute Gasteiger partial charge is 0.319 e. The molecule has 0 bridgehead atoms. The number of benzene rings is 2. The lowest BCUT2D eigenvalue weighted by Crippen LogP contribution is -2.60. The first-order valence-electron chi connectivity index (χ1n) is 9.54. The van der Waals surface area contributed by atoms with Gasteiger partial charge in [-0.05, 0) is 25.0 Å². The van der Waals surface area contributed by atoms with Crippen LogP contribution in [0.25, 0.3) is 0 Å². The summed E-state index contributed by atoms with van der Waals surface area (Å²) in [6, 6.07) is 20.8. The Morgan fingerprint density at radius 3 is 2.27 bits per heavy atom. The zero-order valence-electron chi connectivity index (χ0n) is 15.8. The van der Waals surface area contributed by atoms with E-state index in [1.807, 2.05) is 30.3 Å². The minimum Gasteiger partial charge on any atom is -0.329 e. The molecule has 26 heavy (non-hydrogen) atoms. The van der Waals surface area contributed by atoms with Crippen molar-refractivity contribution in [2.45, 2.75) is 44.3 Å². The quantitative estimate of drug-likeness (QED) is 0.770. The van der Waals surface area contributed by atoms with Crippen LogP contribution in [0, 0.1) is 0 Å². The van der Waals surface area contributed by atoms with Crippen LogP contribution in [0.15, 0.2) is 60.7 Å². The normalized spacial score (nSPS) is 20.4. The molecule has 0 spiro atoms. The van der Waals surface area contributed by atoms with Crippen LogP contribution in [0.2, 0.25) is 0 Å². The molecule has 1 fully saturated rings. The van der Waals surface area contributed by atoms with Gasteiger partial charge in [0.2, 0.25) is 0 Å². The number of likely N-dealkylation sites (N-methyl/N-ethyl adjacent to an activating group) is 1. The average Bonchev–Trinajstić information content (AvgIpc) is 2.63. The van der Waals surface area contributed by atoms with Crippen molar-refractivity contribution in [1.82, 2.24) is 5.32 Å². The van der Waals surface area contributed by atoms with Crippen LogP contribution < -0.4 is 10.6 Å². The first kappa shape index (κ1) is 18.5. The van der Waals surface area contributed by atoms with Crippen molar-refractivity contribution < 1.29 is 9.28 Å². The van der Waals surface area contributed by atoms with Gasteiger partial charge in [-0.2, -0.15) is 0 Å². The summed E-state index contributed by atoms with van der Waals surface area (Å²) in [6.07, 6.45) is 4.61. The lowest BCUT2D eigenvalue weighted by atomic mass is 9.87. The third-order valence-corrected chi connectivity index (χ3v) is 5.41. The minimum absolute atomic E-state index is 0.104. The van der Waals surface area contributed by atoms with Gasteiger partial charge in [-0.3, -0.25) is 0 Å². The fourth-order valence-electron chi connectivity index (χ4n) is 4.14. The first-order chi connectivity index (χ1) is 12.5. The summed E-state index contributed by atoms with van der Waals surface area (Å²) < 4.78 is 0.889. The fourth-order valence-corrected chi connectivity index (χ4v) is 4.14. The number of anilines is 1. The van der Waals surface area contributed by atoms with Crippen LogP contribution in [-0.2, 0) is 6.54 Å². The van der Waals surface area contributed by atoms with Gasteiger partial charge in [0.25, 0.3) is 0 Å². The zero-order chi connectivity index (χ0) is 18.4. The fraction of sp³-hybridized carbons (Fsp3) is 0.409. The molecule has 1 saturated carbocycles. The second-order valence-corrected chi connectivity index (χ2v) is 7.85. The molecule has 1 aliphatic rings. The van der Waals surface area contributed by atoms with E-state index < -0.39 is 0 Å². The SMILES string of the molecule is C[N+](C)(Cc1ccccc1)[C@H]1CCCC[C@@H]1NC(=O)Nc1ccccc1. The van der Waals surface area contributed by atoms with Gasteiger partial charge in [-0.25, -0.2) is 4.79 Å². The highest BCUT2D eigenvalue weighted by atomic mass is 16.2. The Labute approximate surface area is 156 Å². The summed E-state index contributed by atoms with van der Waals surface area (Å²) >= 11 is 0. The van der Waals surface area contributed by atoms with E-state index in [2.05, 4.69) is 55.1 Å². The molecule has 2 aromatic carbocycles. The van der Waals surface area contributed by atoms with Gasteiger partial charge < -0.3 is 15.1 Å². The number of carbonyl (C=O) groups excluding carboxylic acids is 1. The van der Waals surface area contributed by atoms with Gasteiger partial charge in [0, 0.05) is 17.7 Å². The van der Waals surface area contributed by atoms with Crippen LogP contribution in [0.5, 0.6) is 0 Å². The number of quaternary nitrogens is 1. The minimum atomic E-state index is -0.104. The maximum absolute atomic E-state index is 12.5. The maximum Gasteiger partial charge on any atom is 0.319 e. The van der Waals surface area contributed by atoms with Crippen molar-refractivity contribution in [3.63, 3.8) is 0 Å². The molecule has 4 heteroatoms. The summed E-state index contributed by atoms with van der Waals surface area (Å²) in [7, 11) is 4.57. The summed E-state index contributed by atoms with van der Waals surface area (Å²) in [5, 5.41) is 6.20.